The van der Waals surface area contributed by atoms with E-state index in [1.165, 1.54) is 12.4 Å². The molecule has 152 valence electrons. The fourth-order valence-corrected chi connectivity index (χ4v) is 3.39. The normalized spacial score (nSPS) is 11.6. The zero-order valence-electron chi connectivity index (χ0n) is 16.3. The number of halogens is 3. The van der Waals surface area contributed by atoms with Crippen LogP contribution in [0.15, 0.2) is 55.1 Å². The summed E-state index contributed by atoms with van der Waals surface area (Å²) >= 11 is 0. The molecule has 0 fully saturated rings. The van der Waals surface area contributed by atoms with Crippen molar-refractivity contribution in [2.75, 3.05) is 5.32 Å². The Balaban J connectivity index is 1.73. The lowest BCUT2D eigenvalue weighted by atomic mass is 9.96. The van der Waals surface area contributed by atoms with Crippen molar-refractivity contribution in [2.45, 2.75) is 26.4 Å². The van der Waals surface area contributed by atoms with Gasteiger partial charge in [-0.3, -0.25) is 4.98 Å². The summed E-state index contributed by atoms with van der Waals surface area (Å²) in [5.41, 5.74) is 3.66. The van der Waals surface area contributed by atoms with Gasteiger partial charge in [0.2, 0.25) is 0 Å². The molecule has 5 nitrogen and oxygen atoms in total. The molecule has 1 aromatic carbocycles. The fourth-order valence-electron chi connectivity index (χ4n) is 3.39. The van der Waals surface area contributed by atoms with Gasteiger partial charge in [-0.05, 0) is 37.1 Å². The molecule has 4 rings (SSSR count). The zero-order chi connectivity index (χ0) is 21.3. The van der Waals surface area contributed by atoms with E-state index in [1.54, 1.807) is 6.20 Å². The Labute approximate surface area is 171 Å². The molecule has 4 aromatic rings. The van der Waals surface area contributed by atoms with Crippen molar-refractivity contribution in [1.82, 2.24) is 19.9 Å². The van der Waals surface area contributed by atoms with Crippen LogP contribution in [0.4, 0.5) is 24.8 Å². The Bertz CT molecular complexity index is 1200. The molecule has 0 spiro atoms. The monoisotopic (exact) mass is 409 g/mol. The number of pyridine rings is 2. The zero-order valence-corrected chi connectivity index (χ0v) is 16.3. The highest BCUT2D eigenvalue weighted by Crippen LogP contribution is 2.33. The summed E-state index contributed by atoms with van der Waals surface area (Å²) in [6.07, 6.45) is 0.336. The van der Waals surface area contributed by atoms with Crippen molar-refractivity contribution in [3.8, 4) is 11.3 Å². The van der Waals surface area contributed by atoms with Crippen molar-refractivity contribution in [1.29, 1.82) is 0 Å². The third-order valence-electron chi connectivity index (χ3n) is 4.91. The van der Waals surface area contributed by atoms with Gasteiger partial charge in [0.25, 0.3) is 0 Å². The molecular formula is C22H18F3N5. The Kier molecular flexibility index (Phi) is 5.07. The van der Waals surface area contributed by atoms with Crippen LogP contribution in [-0.4, -0.2) is 19.9 Å². The van der Waals surface area contributed by atoms with E-state index < -0.39 is 11.7 Å². The second kappa shape index (κ2) is 7.70. The first-order valence-electron chi connectivity index (χ1n) is 9.37. The van der Waals surface area contributed by atoms with E-state index in [0.717, 1.165) is 52.0 Å². The summed E-state index contributed by atoms with van der Waals surface area (Å²) in [5.74, 6) is 0.752. The molecule has 3 aromatic heterocycles. The Morgan fingerprint density at radius 2 is 1.80 bits per heavy atom. The molecule has 30 heavy (non-hydrogen) atoms. The first-order chi connectivity index (χ1) is 14.4. The van der Waals surface area contributed by atoms with Crippen molar-refractivity contribution < 1.29 is 13.2 Å². The van der Waals surface area contributed by atoms with Crippen LogP contribution in [0.3, 0.4) is 0 Å². The Morgan fingerprint density at radius 1 is 0.967 bits per heavy atom. The summed E-state index contributed by atoms with van der Waals surface area (Å²) < 4.78 is 38.2. The minimum Gasteiger partial charge on any atom is -0.325 e. The number of hydrogen-bond donors (Lipinski definition) is 1. The standard InChI is InChI=1S/C22H18F3N5/c1-3-16-17(8-6-14-5-4-10-26-20(14)16)19-13(2)21(29-12-28-19)30-18-9-7-15(11-27-18)22(23,24)25/h4-12H,3H2,1-2H3,(H,27,28,29,30). The maximum atomic E-state index is 12.7. The van der Waals surface area contributed by atoms with Gasteiger partial charge in [0.05, 0.1) is 16.8 Å². The topological polar surface area (TPSA) is 63.6 Å². The highest BCUT2D eigenvalue weighted by atomic mass is 19.4. The maximum Gasteiger partial charge on any atom is 0.417 e. The van der Waals surface area contributed by atoms with E-state index >= 15 is 0 Å². The number of benzene rings is 1. The van der Waals surface area contributed by atoms with Gasteiger partial charge in [-0.25, -0.2) is 15.0 Å². The Morgan fingerprint density at radius 3 is 2.50 bits per heavy atom. The minimum absolute atomic E-state index is 0.270. The van der Waals surface area contributed by atoms with E-state index in [2.05, 4.69) is 32.2 Å². The predicted octanol–water partition coefficient (Wildman–Crippen LogP) is 5.72. The predicted molar refractivity (Wildman–Crippen MR) is 109 cm³/mol. The molecular weight excluding hydrogens is 391 g/mol. The third kappa shape index (κ3) is 3.68. The van der Waals surface area contributed by atoms with E-state index in [-0.39, 0.29) is 5.82 Å². The van der Waals surface area contributed by atoms with Crippen LogP contribution in [-0.2, 0) is 12.6 Å². The number of anilines is 2. The minimum atomic E-state index is -4.43. The van der Waals surface area contributed by atoms with Gasteiger partial charge in [-0.2, -0.15) is 13.2 Å². The molecule has 0 saturated heterocycles. The van der Waals surface area contributed by atoms with Crippen molar-refractivity contribution in [3.05, 3.63) is 71.8 Å². The van der Waals surface area contributed by atoms with Gasteiger partial charge in [0, 0.05) is 28.9 Å². The van der Waals surface area contributed by atoms with Gasteiger partial charge in [-0.1, -0.05) is 25.1 Å². The molecule has 3 heterocycles. The number of aryl methyl sites for hydroxylation is 1. The number of aromatic nitrogens is 4. The summed E-state index contributed by atoms with van der Waals surface area (Å²) in [4.78, 5) is 17.1. The summed E-state index contributed by atoms with van der Waals surface area (Å²) in [6, 6.07) is 10.2. The third-order valence-corrected chi connectivity index (χ3v) is 4.91. The van der Waals surface area contributed by atoms with Gasteiger partial charge in [0.15, 0.2) is 0 Å². The van der Waals surface area contributed by atoms with Crippen molar-refractivity contribution in [3.63, 3.8) is 0 Å². The number of hydrogen-bond acceptors (Lipinski definition) is 5. The highest BCUT2D eigenvalue weighted by molar-refractivity contribution is 5.89. The largest absolute Gasteiger partial charge is 0.417 e. The molecule has 0 aliphatic heterocycles. The molecule has 0 saturated carbocycles. The van der Waals surface area contributed by atoms with Gasteiger partial charge < -0.3 is 5.32 Å². The van der Waals surface area contributed by atoms with Crippen LogP contribution >= 0.6 is 0 Å². The molecule has 8 heteroatoms. The average molecular weight is 409 g/mol. The van der Waals surface area contributed by atoms with Gasteiger partial charge in [0.1, 0.15) is 18.0 Å². The number of fused-ring (bicyclic) bond motifs is 1. The van der Waals surface area contributed by atoms with E-state index in [1.807, 2.05) is 31.2 Å². The van der Waals surface area contributed by atoms with Crippen LogP contribution in [0.5, 0.6) is 0 Å². The lowest BCUT2D eigenvalue weighted by molar-refractivity contribution is -0.137. The van der Waals surface area contributed by atoms with Gasteiger partial charge in [-0.15, -0.1) is 0 Å². The summed E-state index contributed by atoms with van der Waals surface area (Å²) in [6.45, 7) is 3.93. The molecule has 0 atom stereocenters. The van der Waals surface area contributed by atoms with Crippen molar-refractivity contribution in [2.24, 2.45) is 0 Å². The van der Waals surface area contributed by atoms with Crippen LogP contribution < -0.4 is 5.32 Å². The SMILES string of the molecule is CCc1c(-c2ncnc(Nc3ccc(C(F)(F)F)cn3)c2C)ccc2cccnc12. The molecule has 1 N–H and O–H groups in total. The first kappa shape index (κ1) is 19.8. The highest BCUT2D eigenvalue weighted by Gasteiger charge is 2.30. The summed E-state index contributed by atoms with van der Waals surface area (Å²) in [7, 11) is 0. The van der Waals surface area contributed by atoms with E-state index in [9.17, 15) is 13.2 Å². The quantitative estimate of drug-likeness (QED) is 0.467. The lowest BCUT2D eigenvalue weighted by Gasteiger charge is -2.15. The maximum absolute atomic E-state index is 12.7. The molecule has 0 aliphatic carbocycles. The summed E-state index contributed by atoms with van der Waals surface area (Å²) in [5, 5.41) is 4.04. The van der Waals surface area contributed by atoms with Crippen LogP contribution in [0.1, 0.15) is 23.6 Å². The first-order valence-corrected chi connectivity index (χ1v) is 9.37. The number of nitrogens with zero attached hydrogens (tertiary/aromatic N) is 4. The Hall–Kier alpha value is -3.55. The fraction of sp³-hybridized carbons (Fsp3) is 0.182. The second-order valence-electron chi connectivity index (χ2n) is 6.77. The van der Waals surface area contributed by atoms with Crippen LogP contribution in [0.25, 0.3) is 22.2 Å². The molecule has 0 radical (unpaired) electrons. The van der Waals surface area contributed by atoms with Crippen LogP contribution in [0, 0.1) is 6.92 Å². The second-order valence-corrected chi connectivity index (χ2v) is 6.77. The lowest BCUT2D eigenvalue weighted by Crippen LogP contribution is -2.07. The van der Waals surface area contributed by atoms with E-state index in [0.29, 0.717) is 5.82 Å². The number of nitrogens with one attached hydrogen (secondary N) is 1. The van der Waals surface area contributed by atoms with Gasteiger partial charge >= 0.3 is 6.18 Å². The number of alkyl halides is 3. The molecule has 0 unspecified atom stereocenters. The number of rotatable bonds is 4. The van der Waals surface area contributed by atoms with Crippen molar-refractivity contribution >= 4 is 22.5 Å². The molecule has 0 amide bonds. The average Bonchev–Trinajstić information content (AvgIpc) is 2.74. The van der Waals surface area contributed by atoms with E-state index in [4.69, 9.17) is 0 Å². The van der Waals surface area contributed by atoms with Crippen LogP contribution in [0.2, 0.25) is 0 Å². The molecule has 0 aliphatic rings. The smallest absolute Gasteiger partial charge is 0.325 e. The molecule has 0 bridgehead atoms.